The summed E-state index contributed by atoms with van der Waals surface area (Å²) in [4.78, 5) is 1.18. The summed E-state index contributed by atoms with van der Waals surface area (Å²) in [6.45, 7) is 0. The highest BCUT2D eigenvalue weighted by atomic mass is 35.5. The van der Waals surface area contributed by atoms with E-state index in [1.165, 1.54) is 4.88 Å². The second-order valence-corrected chi connectivity index (χ2v) is 3.84. The maximum atomic E-state index is 5.70. The van der Waals surface area contributed by atoms with Crippen LogP contribution in [-0.2, 0) is 0 Å². The van der Waals surface area contributed by atoms with Crippen molar-refractivity contribution in [1.82, 2.24) is 0 Å². The van der Waals surface area contributed by atoms with Gasteiger partial charge in [0.05, 0.1) is 4.34 Å². The average Bonchev–Trinajstić information content (AvgIpc) is 2.31. The van der Waals surface area contributed by atoms with Gasteiger partial charge in [-0.1, -0.05) is 17.7 Å². The Balaban J connectivity index is 2.67. The molecule has 0 saturated carbocycles. The van der Waals surface area contributed by atoms with E-state index in [0.29, 0.717) is 0 Å². The van der Waals surface area contributed by atoms with Gasteiger partial charge in [0.25, 0.3) is 0 Å². The number of hydrogen-bond acceptors (Lipinski definition) is 2. The Hall–Kier alpha value is 0.0800. The molecule has 10 heavy (non-hydrogen) atoms. The third-order valence-corrected chi connectivity index (χ3v) is 2.39. The molecule has 0 N–H and O–H groups in total. The summed E-state index contributed by atoms with van der Waals surface area (Å²) in [5.41, 5.74) is 0. The highest BCUT2D eigenvalue weighted by Gasteiger charge is 1.90. The van der Waals surface area contributed by atoms with E-state index in [4.69, 9.17) is 11.6 Å². The summed E-state index contributed by atoms with van der Waals surface area (Å²) in [6, 6.07) is 3.89. The van der Waals surface area contributed by atoms with Crippen molar-refractivity contribution in [3.63, 3.8) is 0 Å². The highest BCUT2D eigenvalue weighted by Crippen LogP contribution is 2.22. The third-order valence-electron chi connectivity index (χ3n) is 0.982. The van der Waals surface area contributed by atoms with Crippen molar-refractivity contribution in [3.05, 3.63) is 27.4 Å². The lowest BCUT2D eigenvalue weighted by Gasteiger charge is -1.79. The van der Waals surface area contributed by atoms with E-state index in [-0.39, 0.29) is 0 Å². The summed E-state index contributed by atoms with van der Waals surface area (Å²) < 4.78 is 0.832. The predicted octanol–water partition coefficient (Wildman–Crippen LogP) is 3.34. The molecule has 0 nitrogen and oxygen atoms in total. The lowest BCUT2D eigenvalue weighted by molar-refractivity contribution is 1.82. The average molecular weight is 191 g/mol. The molecule has 3 heteroatoms. The van der Waals surface area contributed by atoms with Gasteiger partial charge in [0.1, 0.15) is 0 Å². The number of rotatable bonds is 2. The summed E-state index contributed by atoms with van der Waals surface area (Å²) in [5, 5.41) is 0. The molecular weight excluding hydrogens is 184 g/mol. The van der Waals surface area contributed by atoms with Crippen molar-refractivity contribution in [3.8, 4) is 0 Å². The van der Waals surface area contributed by atoms with Crippen LogP contribution < -0.4 is 0 Å². The molecule has 0 radical (unpaired) electrons. The molecule has 1 rings (SSSR count). The molecular formula is C7H7ClS2. The molecule has 0 atom stereocenters. The van der Waals surface area contributed by atoms with Crippen LogP contribution in [0, 0.1) is 0 Å². The first-order valence-corrected chi connectivity index (χ1v) is 4.68. The molecule has 0 aromatic carbocycles. The van der Waals surface area contributed by atoms with Gasteiger partial charge in [-0.25, -0.2) is 0 Å². The summed E-state index contributed by atoms with van der Waals surface area (Å²) in [7, 11) is 0. The zero-order chi connectivity index (χ0) is 7.40. The lowest BCUT2D eigenvalue weighted by Crippen LogP contribution is -1.58. The van der Waals surface area contributed by atoms with Crippen molar-refractivity contribution in [2.45, 2.75) is 0 Å². The molecule has 1 heterocycles. The van der Waals surface area contributed by atoms with Crippen LogP contribution in [0.25, 0.3) is 6.08 Å². The normalized spacial score (nSPS) is 11.0. The molecule has 0 spiro atoms. The van der Waals surface area contributed by atoms with Crippen molar-refractivity contribution in [1.29, 1.82) is 0 Å². The van der Waals surface area contributed by atoms with Crippen LogP contribution in [0.5, 0.6) is 0 Å². The summed E-state index contributed by atoms with van der Waals surface area (Å²) >= 11 is 11.3. The van der Waals surface area contributed by atoms with Crippen LogP contribution >= 0.6 is 35.6 Å². The van der Waals surface area contributed by atoms with E-state index in [1.807, 2.05) is 24.3 Å². The Labute approximate surface area is 74.9 Å². The van der Waals surface area contributed by atoms with Crippen LogP contribution in [0.1, 0.15) is 4.88 Å². The van der Waals surface area contributed by atoms with Gasteiger partial charge in [-0.05, 0) is 18.2 Å². The van der Waals surface area contributed by atoms with Crippen LogP contribution in [0.15, 0.2) is 18.2 Å². The summed E-state index contributed by atoms with van der Waals surface area (Å²) in [6.07, 6.45) is 4.01. The van der Waals surface area contributed by atoms with Gasteiger partial charge in [0.15, 0.2) is 0 Å². The van der Waals surface area contributed by atoms with Crippen molar-refractivity contribution in [2.24, 2.45) is 0 Å². The van der Waals surface area contributed by atoms with Crippen LogP contribution in [-0.4, -0.2) is 5.75 Å². The van der Waals surface area contributed by atoms with Gasteiger partial charge >= 0.3 is 0 Å². The Bertz CT molecular complexity index is 227. The van der Waals surface area contributed by atoms with Gasteiger partial charge in [-0.2, -0.15) is 12.6 Å². The molecule has 0 fully saturated rings. The van der Waals surface area contributed by atoms with E-state index in [1.54, 1.807) is 11.3 Å². The van der Waals surface area contributed by atoms with Gasteiger partial charge in [0.2, 0.25) is 0 Å². The first-order valence-electron chi connectivity index (χ1n) is 2.85. The molecule has 0 aliphatic heterocycles. The van der Waals surface area contributed by atoms with Crippen molar-refractivity contribution >= 4 is 41.6 Å². The zero-order valence-corrected chi connectivity index (χ0v) is 7.72. The van der Waals surface area contributed by atoms with E-state index in [0.717, 1.165) is 10.1 Å². The second kappa shape index (κ2) is 4.06. The SMILES string of the molecule is SCC=Cc1ccc(Cl)s1. The highest BCUT2D eigenvalue weighted by molar-refractivity contribution is 7.80. The quantitative estimate of drug-likeness (QED) is 0.680. The first-order chi connectivity index (χ1) is 4.83. The Kier molecular flexibility index (Phi) is 3.32. The second-order valence-electron chi connectivity index (χ2n) is 1.73. The molecule has 1 aromatic heterocycles. The molecule has 0 unspecified atom stereocenters. The minimum atomic E-state index is 0.773. The first kappa shape index (κ1) is 8.18. The van der Waals surface area contributed by atoms with E-state index >= 15 is 0 Å². The maximum Gasteiger partial charge on any atom is 0.0934 e. The molecule has 0 bridgehead atoms. The fourth-order valence-electron chi connectivity index (χ4n) is 0.587. The van der Waals surface area contributed by atoms with Crippen molar-refractivity contribution < 1.29 is 0 Å². The number of thiol groups is 1. The molecule has 0 amide bonds. The van der Waals surface area contributed by atoms with E-state index < -0.39 is 0 Å². The Morgan fingerprint density at radius 2 is 2.40 bits per heavy atom. The standard InChI is InChI=1S/C7H7ClS2/c8-7-4-3-6(10-7)2-1-5-9/h1-4,9H,5H2. The summed E-state index contributed by atoms with van der Waals surface area (Å²) in [5.74, 6) is 0.773. The third kappa shape index (κ3) is 2.37. The molecule has 1 aromatic rings. The molecule has 0 aliphatic carbocycles. The minimum absolute atomic E-state index is 0.773. The van der Waals surface area contributed by atoms with Crippen molar-refractivity contribution in [2.75, 3.05) is 5.75 Å². The predicted molar refractivity (Wildman–Crippen MR) is 52.2 cm³/mol. The van der Waals surface area contributed by atoms with Gasteiger partial charge in [-0.3, -0.25) is 0 Å². The lowest BCUT2D eigenvalue weighted by atomic mass is 10.4. The zero-order valence-electron chi connectivity index (χ0n) is 5.25. The monoisotopic (exact) mass is 190 g/mol. The molecule has 0 aliphatic rings. The molecule has 0 saturated heterocycles. The maximum absolute atomic E-state index is 5.70. The minimum Gasteiger partial charge on any atom is -0.175 e. The molecule has 54 valence electrons. The van der Waals surface area contributed by atoms with Crippen LogP contribution in [0.2, 0.25) is 4.34 Å². The Morgan fingerprint density at radius 1 is 1.60 bits per heavy atom. The number of hydrogen-bond donors (Lipinski definition) is 1. The van der Waals surface area contributed by atoms with Crippen LogP contribution in [0.3, 0.4) is 0 Å². The van der Waals surface area contributed by atoms with E-state index in [9.17, 15) is 0 Å². The topological polar surface area (TPSA) is 0 Å². The van der Waals surface area contributed by atoms with Gasteiger partial charge < -0.3 is 0 Å². The fraction of sp³-hybridized carbons (Fsp3) is 0.143. The number of thiophene rings is 1. The van der Waals surface area contributed by atoms with Crippen LogP contribution in [0.4, 0.5) is 0 Å². The Morgan fingerprint density at radius 3 is 2.90 bits per heavy atom. The largest absolute Gasteiger partial charge is 0.175 e. The number of halogens is 1. The van der Waals surface area contributed by atoms with Gasteiger partial charge in [-0.15, -0.1) is 11.3 Å². The fourth-order valence-corrected chi connectivity index (χ4v) is 1.68. The smallest absolute Gasteiger partial charge is 0.0934 e. The van der Waals surface area contributed by atoms with E-state index in [2.05, 4.69) is 12.6 Å². The van der Waals surface area contributed by atoms with Gasteiger partial charge in [0, 0.05) is 10.6 Å².